The summed E-state index contributed by atoms with van der Waals surface area (Å²) in [7, 11) is 0. The van der Waals surface area contributed by atoms with E-state index in [1.807, 2.05) is 6.20 Å². The van der Waals surface area contributed by atoms with Crippen molar-refractivity contribution in [2.75, 3.05) is 31.1 Å². The van der Waals surface area contributed by atoms with Gasteiger partial charge < -0.3 is 4.90 Å². The van der Waals surface area contributed by atoms with Crippen LogP contribution in [0.25, 0.3) is 0 Å². The summed E-state index contributed by atoms with van der Waals surface area (Å²) < 4.78 is 0. The Bertz CT molecular complexity index is 360. The van der Waals surface area contributed by atoms with Gasteiger partial charge in [-0.15, -0.1) is 0 Å². The van der Waals surface area contributed by atoms with Gasteiger partial charge in [0.15, 0.2) is 0 Å². The van der Waals surface area contributed by atoms with Crippen molar-refractivity contribution in [3.8, 4) is 0 Å². The number of hydrogen-bond donors (Lipinski definition) is 0. The smallest absolute Gasteiger partial charge is 0.128 e. The first-order valence-electron chi connectivity index (χ1n) is 6.24. The van der Waals surface area contributed by atoms with Crippen molar-refractivity contribution in [1.29, 1.82) is 0 Å². The van der Waals surface area contributed by atoms with Gasteiger partial charge in [-0.25, -0.2) is 4.98 Å². The highest BCUT2D eigenvalue weighted by Gasteiger charge is 2.30. The van der Waals surface area contributed by atoms with Crippen LogP contribution >= 0.6 is 0 Å². The average Bonchev–Trinajstić information content (AvgIpc) is 2.77. The van der Waals surface area contributed by atoms with Gasteiger partial charge in [-0.05, 0) is 37.9 Å². The molecule has 16 heavy (non-hydrogen) atoms. The van der Waals surface area contributed by atoms with Crippen LogP contribution in [0.3, 0.4) is 0 Å². The molecule has 0 saturated carbocycles. The maximum atomic E-state index is 4.52. The molecule has 0 spiro atoms. The molecule has 2 saturated heterocycles. The molecule has 2 aliphatic heterocycles. The second kappa shape index (κ2) is 4.06. The minimum absolute atomic E-state index is 0.775. The van der Waals surface area contributed by atoms with Crippen LogP contribution in [-0.2, 0) is 0 Å². The fraction of sp³-hybridized carbons (Fsp3) is 0.615. The SMILES string of the molecule is Cc1ccc(N2CCN3CCC[C@H]3C2)nc1. The highest BCUT2D eigenvalue weighted by molar-refractivity contribution is 5.40. The largest absolute Gasteiger partial charge is 0.354 e. The molecule has 2 aliphatic rings. The van der Waals surface area contributed by atoms with E-state index in [1.54, 1.807) is 0 Å². The number of fused-ring (bicyclic) bond motifs is 1. The van der Waals surface area contributed by atoms with Gasteiger partial charge in [-0.2, -0.15) is 0 Å². The fourth-order valence-electron chi connectivity index (χ4n) is 2.85. The summed E-state index contributed by atoms with van der Waals surface area (Å²) in [6.07, 6.45) is 4.71. The number of nitrogens with zero attached hydrogens (tertiary/aromatic N) is 3. The fourth-order valence-corrected chi connectivity index (χ4v) is 2.85. The zero-order chi connectivity index (χ0) is 11.0. The van der Waals surface area contributed by atoms with Crippen molar-refractivity contribution in [2.45, 2.75) is 25.8 Å². The molecule has 3 nitrogen and oxygen atoms in total. The molecule has 1 aromatic heterocycles. The van der Waals surface area contributed by atoms with Crippen LogP contribution in [0.1, 0.15) is 18.4 Å². The van der Waals surface area contributed by atoms with E-state index in [2.05, 4.69) is 33.8 Å². The second-order valence-electron chi connectivity index (χ2n) is 4.97. The van der Waals surface area contributed by atoms with E-state index in [1.165, 1.54) is 31.5 Å². The Labute approximate surface area is 97.1 Å². The zero-order valence-electron chi connectivity index (χ0n) is 9.89. The third kappa shape index (κ3) is 1.80. The number of rotatable bonds is 1. The Balaban J connectivity index is 1.74. The number of hydrogen-bond acceptors (Lipinski definition) is 3. The predicted octanol–water partition coefficient (Wildman–Crippen LogP) is 1.67. The molecule has 3 heteroatoms. The van der Waals surface area contributed by atoms with E-state index in [0.29, 0.717) is 0 Å². The minimum atomic E-state index is 0.775. The molecular weight excluding hydrogens is 198 g/mol. The molecule has 3 rings (SSSR count). The monoisotopic (exact) mass is 217 g/mol. The molecule has 0 bridgehead atoms. The van der Waals surface area contributed by atoms with Crippen LogP contribution in [0.2, 0.25) is 0 Å². The van der Waals surface area contributed by atoms with Gasteiger partial charge >= 0.3 is 0 Å². The summed E-state index contributed by atoms with van der Waals surface area (Å²) in [4.78, 5) is 9.59. The zero-order valence-corrected chi connectivity index (χ0v) is 9.89. The van der Waals surface area contributed by atoms with Crippen LogP contribution in [0.5, 0.6) is 0 Å². The predicted molar refractivity (Wildman–Crippen MR) is 65.8 cm³/mol. The summed E-state index contributed by atoms with van der Waals surface area (Å²) in [6.45, 7) is 6.90. The summed E-state index contributed by atoms with van der Waals surface area (Å²) in [5, 5.41) is 0. The van der Waals surface area contributed by atoms with Gasteiger partial charge in [0, 0.05) is 31.9 Å². The lowest BCUT2D eigenvalue weighted by Crippen LogP contribution is -2.50. The molecule has 0 amide bonds. The summed E-state index contributed by atoms with van der Waals surface area (Å²) >= 11 is 0. The average molecular weight is 217 g/mol. The first-order chi connectivity index (χ1) is 7.83. The molecule has 2 fully saturated rings. The van der Waals surface area contributed by atoms with Crippen LogP contribution in [-0.4, -0.2) is 42.1 Å². The van der Waals surface area contributed by atoms with Gasteiger partial charge in [-0.3, -0.25) is 4.90 Å². The van der Waals surface area contributed by atoms with Crippen molar-refractivity contribution in [1.82, 2.24) is 9.88 Å². The van der Waals surface area contributed by atoms with Crippen molar-refractivity contribution in [3.05, 3.63) is 23.9 Å². The van der Waals surface area contributed by atoms with E-state index >= 15 is 0 Å². The molecule has 1 atom stereocenters. The van der Waals surface area contributed by atoms with Crippen molar-refractivity contribution < 1.29 is 0 Å². The lowest BCUT2D eigenvalue weighted by molar-refractivity contribution is 0.230. The number of anilines is 1. The molecule has 0 unspecified atom stereocenters. The summed E-state index contributed by atoms with van der Waals surface area (Å²) in [5.74, 6) is 1.15. The number of piperazine rings is 1. The summed E-state index contributed by atoms with van der Waals surface area (Å²) in [5.41, 5.74) is 1.24. The van der Waals surface area contributed by atoms with Gasteiger partial charge in [0.05, 0.1) is 0 Å². The molecule has 0 aliphatic carbocycles. The second-order valence-corrected chi connectivity index (χ2v) is 4.97. The van der Waals surface area contributed by atoms with Gasteiger partial charge in [0.25, 0.3) is 0 Å². The molecule has 86 valence electrons. The van der Waals surface area contributed by atoms with Gasteiger partial charge in [0.2, 0.25) is 0 Å². The first-order valence-corrected chi connectivity index (χ1v) is 6.24. The molecule has 0 radical (unpaired) electrons. The van der Waals surface area contributed by atoms with Crippen LogP contribution in [0.15, 0.2) is 18.3 Å². The highest BCUT2D eigenvalue weighted by Crippen LogP contribution is 2.24. The van der Waals surface area contributed by atoms with Gasteiger partial charge in [-0.1, -0.05) is 6.07 Å². The Hall–Kier alpha value is -1.09. The molecule has 0 N–H and O–H groups in total. The van der Waals surface area contributed by atoms with E-state index in [-0.39, 0.29) is 0 Å². The maximum Gasteiger partial charge on any atom is 0.128 e. The van der Waals surface area contributed by atoms with Gasteiger partial charge in [0.1, 0.15) is 5.82 Å². The third-order valence-electron chi connectivity index (χ3n) is 3.81. The number of pyridine rings is 1. The van der Waals surface area contributed by atoms with E-state index in [9.17, 15) is 0 Å². The number of aromatic nitrogens is 1. The quantitative estimate of drug-likeness (QED) is 0.713. The van der Waals surface area contributed by atoms with E-state index < -0.39 is 0 Å². The topological polar surface area (TPSA) is 19.4 Å². The summed E-state index contributed by atoms with van der Waals surface area (Å²) in [6, 6.07) is 5.08. The van der Waals surface area contributed by atoms with Crippen molar-refractivity contribution in [2.24, 2.45) is 0 Å². The van der Waals surface area contributed by atoms with Crippen LogP contribution in [0, 0.1) is 6.92 Å². The maximum absolute atomic E-state index is 4.52. The molecule has 1 aromatic rings. The van der Waals surface area contributed by atoms with Crippen molar-refractivity contribution in [3.63, 3.8) is 0 Å². The lowest BCUT2D eigenvalue weighted by Gasteiger charge is -2.38. The number of aryl methyl sites for hydroxylation is 1. The standard InChI is InChI=1S/C13H19N3/c1-11-4-5-13(14-9-11)16-8-7-15-6-2-3-12(15)10-16/h4-5,9,12H,2-3,6-8,10H2,1H3/t12-/m0/s1. The Morgan fingerprint density at radius 1 is 1.25 bits per heavy atom. The lowest BCUT2D eigenvalue weighted by atomic mass is 10.1. The van der Waals surface area contributed by atoms with Crippen LogP contribution in [0.4, 0.5) is 5.82 Å². The van der Waals surface area contributed by atoms with E-state index in [4.69, 9.17) is 0 Å². The Kier molecular flexibility index (Phi) is 2.56. The first kappa shape index (κ1) is 10.1. The van der Waals surface area contributed by atoms with E-state index in [0.717, 1.165) is 24.9 Å². The normalized spacial score (nSPS) is 25.8. The van der Waals surface area contributed by atoms with Crippen LogP contribution < -0.4 is 4.90 Å². The molecule has 0 aromatic carbocycles. The Morgan fingerprint density at radius 2 is 2.19 bits per heavy atom. The van der Waals surface area contributed by atoms with Crippen molar-refractivity contribution >= 4 is 5.82 Å². The molecular formula is C13H19N3. The minimum Gasteiger partial charge on any atom is -0.354 e. The Morgan fingerprint density at radius 3 is 3.00 bits per heavy atom. The molecule has 3 heterocycles. The highest BCUT2D eigenvalue weighted by atomic mass is 15.3. The third-order valence-corrected chi connectivity index (χ3v) is 3.81.